The summed E-state index contributed by atoms with van der Waals surface area (Å²) < 4.78 is 0. The molecule has 3 unspecified atom stereocenters. The Balaban J connectivity index is 4.51. The fraction of sp³-hybridized carbons (Fsp3) is 0.945. The van der Waals surface area contributed by atoms with E-state index in [0.29, 0.717) is 19.3 Å². The van der Waals surface area contributed by atoms with E-state index in [0.717, 1.165) is 64.2 Å². The molecule has 0 spiro atoms. The summed E-state index contributed by atoms with van der Waals surface area (Å²) in [6, 6.07) is 0. The van der Waals surface area contributed by atoms with Crippen LogP contribution in [0.3, 0.4) is 0 Å². The van der Waals surface area contributed by atoms with Crippen LogP contribution in [0.5, 0.6) is 0 Å². The van der Waals surface area contributed by atoms with E-state index >= 15 is 0 Å². The lowest BCUT2D eigenvalue weighted by Gasteiger charge is -2.36. The van der Waals surface area contributed by atoms with Crippen LogP contribution in [0.25, 0.3) is 0 Å². The smallest absolute Gasteiger partial charge is 0.174 e. The van der Waals surface area contributed by atoms with E-state index in [1.807, 2.05) is 0 Å². The quantitative estimate of drug-likeness (QED) is 0.0421. The predicted octanol–water partition coefficient (Wildman–Crippen LogP) is 17.6. The Morgan fingerprint density at radius 1 is 0.356 bits per heavy atom. The second-order valence-electron chi connectivity index (χ2n) is 19.1. The van der Waals surface area contributed by atoms with Gasteiger partial charge >= 0.3 is 0 Å². The molecule has 0 rings (SSSR count). The van der Waals surface area contributed by atoms with Gasteiger partial charge in [-0.1, -0.05) is 277 Å². The summed E-state index contributed by atoms with van der Waals surface area (Å²) in [7, 11) is 0. The summed E-state index contributed by atoms with van der Waals surface area (Å²) in [6.45, 7) is 6.83. The van der Waals surface area contributed by atoms with Crippen LogP contribution in [0.1, 0.15) is 316 Å². The van der Waals surface area contributed by atoms with E-state index in [2.05, 4.69) is 32.9 Å². The Kier molecular flexibility index (Phi) is 46.2. The zero-order chi connectivity index (χ0) is 43.2. The van der Waals surface area contributed by atoms with Crippen LogP contribution in [-0.4, -0.2) is 38.9 Å². The molecule has 0 saturated carbocycles. The normalized spacial score (nSPS) is 14.0. The number of carbonyl (C=O) groups excluding carboxylic acids is 1. The van der Waals surface area contributed by atoms with Gasteiger partial charge < -0.3 is 15.3 Å². The zero-order valence-corrected chi connectivity index (χ0v) is 40.6. The van der Waals surface area contributed by atoms with Crippen molar-refractivity contribution in [2.75, 3.05) is 0 Å². The third-order valence-corrected chi connectivity index (χ3v) is 13.3. The molecule has 0 aromatic heterocycles. The van der Waals surface area contributed by atoms with Gasteiger partial charge in [0.2, 0.25) is 0 Å². The molecule has 4 nitrogen and oxygen atoms in total. The van der Waals surface area contributed by atoms with Crippen LogP contribution >= 0.6 is 0 Å². The van der Waals surface area contributed by atoms with Gasteiger partial charge in [-0.15, -0.1) is 0 Å². The second-order valence-corrected chi connectivity index (χ2v) is 19.1. The van der Waals surface area contributed by atoms with Crippen molar-refractivity contribution in [2.45, 2.75) is 334 Å². The fourth-order valence-corrected chi connectivity index (χ4v) is 9.01. The monoisotopic (exact) mass is 833 g/mol. The Morgan fingerprint density at radius 2 is 0.576 bits per heavy atom. The van der Waals surface area contributed by atoms with E-state index < -0.39 is 17.8 Å². The molecule has 0 aromatic carbocycles. The topological polar surface area (TPSA) is 77.8 Å². The average molecular weight is 833 g/mol. The van der Waals surface area contributed by atoms with E-state index in [4.69, 9.17) is 0 Å². The van der Waals surface area contributed by atoms with Gasteiger partial charge in [-0.05, 0) is 44.9 Å². The molecule has 3 atom stereocenters. The van der Waals surface area contributed by atoms with Crippen molar-refractivity contribution in [3.8, 4) is 0 Å². The van der Waals surface area contributed by atoms with Crippen molar-refractivity contribution >= 4 is 5.78 Å². The molecule has 0 fully saturated rings. The summed E-state index contributed by atoms with van der Waals surface area (Å²) in [4.78, 5) is 13.6. The molecule has 0 aliphatic rings. The number of hydrogen-bond acceptors (Lipinski definition) is 4. The number of ketones is 1. The molecule has 0 saturated heterocycles. The molecule has 0 heterocycles. The van der Waals surface area contributed by atoms with Crippen molar-refractivity contribution in [3.63, 3.8) is 0 Å². The Bertz CT molecular complexity index is 856. The first-order chi connectivity index (χ1) is 28.9. The first-order valence-corrected chi connectivity index (χ1v) is 27.2. The highest BCUT2D eigenvalue weighted by molar-refractivity contribution is 5.88. The number of hydrogen-bond donors (Lipinski definition) is 3. The predicted molar refractivity (Wildman–Crippen MR) is 261 cm³/mol. The SMILES string of the molecule is CCCCCCCCC=CCCCCCCCC(=O)C(O)(C(O)CCCCCCCCCCCCCCCC)C(O)CCCCCCCCCCCCCCCCCC. The van der Waals surface area contributed by atoms with Gasteiger partial charge in [0.15, 0.2) is 11.4 Å². The van der Waals surface area contributed by atoms with Crippen LogP contribution in [0.4, 0.5) is 0 Å². The Labute approximate surface area is 370 Å². The van der Waals surface area contributed by atoms with Gasteiger partial charge in [-0.3, -0.25) is 4.79 Å². The molecule has 0 aliphatic carbocycles. The molecule has 0 bridgehead atoms. The maximum absolute atomic E-state index is 13.6. The molecule has 4 heteroatoms. The minimum absolute atomic E-state index is 0.237. The van der Waals surface area contributed by atoms with Gasteiger partial charge in [0, 0.05) is 6.42 Å². The summed E-state index contributed by atoms with van der Waals surface area (Å²) >= 11 is 0. The maximum Gasteiger partial charge on any atom is 0.174 e. The van der Waals surface area contributed by atoms with Gasteiger partial charge in [-0.25, -0.2) is 0 Å². The number of Topliss-reactive ketones (excluding diaryl/α,β-unsaturated/α-hetero) is 1. The summed E-state index contributed by atoms with van der Waals surface area (Å²) in [5.41, 5.74) is -2.05. The molecule has 0 aliphatic heterocycles. The van der Waals surface area contributed by atoms with Gasteiger partial charge in [0.1, 0.15) is 0 Å². The molecule has 0 amide bonds. The first kappa shape index (κ1) is 58.3. The lowest BCUT2D eigenvalue weighted by molar-refractivity contribution is -0.174. The largest absolute Gasteiger partial charge is 0.390 e. The fourth-order valence-electron chi connectivity index (χ4n) is 9.01. The van der Waals surface area contributed by atoms with E-state index in [9.17, 15) is 20.1 Å². The molecular weight excluding hydrogens is 725 g/mol. The minimum atomic E-state index is -2.05. The van der Waals surface area contributed by atoms with Crippen molar-refractivity contribution in [1.82, 2.24) is 0 Å². The molecule has 59 heavy (non-hydrogen) atoms. The van der Waals surface area contributed by atoms with Gasteiger partial charge in [-0.2, -0.15) is 0 Å². The number of unbranched alkanes of at least 4 members (excludes halogenated alkanes) is 39. The van der Waals surface area contributed by atoms with Gasteiger partial charge in [0.05, 0.1) is 12.2 Å². The van der Waals surface area contributed by atoms with Crippen molar-refractivity contribution in [3.05, 3.63) is 12.2 Å². The summed E-state index contributed by atoms with van der Waals surface area (Å²) in [5.74, 6) is -0.350. The highest BCUT2D eigenvalue weighted by Gasteiger charge is 2.47. The van der Waals surface area contributed by atoms with Crippen LogP contribution in [-0.2, 0) is 4.79 Å². The number of aliphatic hydroxyl groups excluding tert-OH is 2. The number of carbonyl (C=O) groups is 1. The standard InChI is InChI=1S/C55H108O4/c1-4-7-10-13-16-19-22-25-28-30-33-36-39-42-45-48-51-54(58)55(59,52(56)49-46-43-40-37-34-31-27-24-21-18-15-12-9-6-3)53(57)50-47-44-41-38-35-32-29-26-23-20-17-14-11-8-5-2/h26,29,52,54,56,58-59H,4-25,27-28,30-51H2,1-3H3. The van der Waals surface area contributed by atoms with E-state index in [-0.39, 0.29) is 12.2 Å². The summed E-state index contributed by atoms with van der Waals surface area (Å²) in [6.07, 6.45) is 57.1. The third-order valence-electron chi connectivity index (χ3n) is 13.3. The third kappa shape index (κ3) is 37.6. The highest BCUT2D eigenvalue weighted by Crippen LogP contribution is 2.28. The Hall–Kier alpha value is -0.710. The molecule has 0 radical (unpaired) electrons. The van der Waals surface area contributed by atoms with Crippen molar-refractivity contribution in [2.24, 2.45) is 0 Å². The van der Waals surface area contributed by atoms with E-state index in [1.54, 1.807) is 0 Å². The van der Waals surface area contributed by atoms with E-state index in [1.165, 1.54) is 205 Å². The molecule has 3 N–H and O–H groups in total. The molecular formula is C55H108O4. The zero-order valence-electron chi connectivity index (χ0n) is 40.6. The van der Waals surface area contributed by atoms with Crippen LogP contribution in [0.15, 0.2) is 12.2 Å². The lowest BCUT2D eigenvalue weighted by Crippen LogP contribution is -2.58. The number of aliphatic hydroxyl groups is 3. The van der Waals surface area contributed by atoms with Crippen LogP contribution < -0.4 is 0 Å². The number of rotatable bonds is 50. The summed E-state index contributed by atoms with van der Waals surface area (Å²) in [5, 5.41) is 34.5. The van der Waals surface area contributed by atoms with Gasteiger partial charge in [0.25, 0.3) is 0 Å². The average Bonchev–Trinajstić information content (AvgIpc) is 3.24. The van der Waals surface area contributed by atoms with Crippen molar-refractivity contribution < 1.29 is 20.1 Å². The highest BCUT2D eigenvalue weighted by atomic mass is 16.4. The van der Waals surface area contributed by atoms with Crippen LogP contribution in [0, 0.1) is 0 Å². The lowest BCUT2D eigenvalue weighted by atomic mass is 9.79. The first-order valence-electron chi connectivity index (χ1n) is 27.2. The second kappa shape index (κ2) is 46.8. The molecule has 0 aromatic rings. The number of allylic oxidation sites excluding steroid dienone is 2. The van der Waals surface area contributed by atoms with Crippen molar-refractivity contribution in [1.29, 1.82) is 0 Å². The maximum atomic E-state index is 13.6. The minimum Gasteiger partial charge on any atom is -0.390 e. The Morgan fingerprint density at radius 3 is 0.847 bits per heavy atom. The molecule has 352 valence electrons. The van der Waals surface area contributed by atoms with Crippen LogP contribution in [0.2, 0.25) is 0 Å².